The van der Waals surface area contributed by atoms with Crippen molar-refractivity contribution >= 4 is 16.9 Å². The molecule has 0 saturated heterocycles. The van der Waals surface area contributed by atoms with Crippen LogP contribution in [0.5, 0.6) is 0 Å². The molecule has 4 heterocycles. The lowest BCUT2D eigenvalue weighted by Gasteiger charge is -2.07. The van der Waals surface area contributed by atoms with Gasteiger partial charge in [0.1, 0.15) is 17.8 Å². The standard InChI is InChI=1S/C17H13N7O3/c25-15(11-5-12-14(20-8-11)22-17(27)23-16(12)26)21-7-10-1-2-13(19-6-10)24-4-3-18-9-24/h1-6,8-9H,7H2,(H,21,25)(H2,20,22,23,26,27). The largest absolute Gasteiger partial charge is 0.348 e. The number of hydrogen-bond acceptors (Lipinski definition) is 6. The van der Waals surface area contributed by atoms with Crippen LogP contribution in [0.3, 0.4) is 0 Å². The quantitative estimate of drug-likeness (QED) is 0.471. The van der Waals surface area contributed by atoms with E-state index in [0.29, 0.717) is 0 Å². The molecule has 0 saturated carbocycles. The van der Waals surface area contributed by atoms with Crippen molar-refractivity contribution in [3.8, 4) is 5.82 Å². The summed E-state index contributed by atoms with van der Waals surface area (Å²) in [5.74, 6) is 0.322. The van der Waals surface area contributed by atoms with Gasteiger partial charge in [-0.15, -0.1) is 0 Å². The van der Waals surface area contributed by atoms with Gasteiger partial charge in [0.25, 0.3) is 11.5 Å². The first kappa shape index (κ1) is 16.4. The number of aromatic amines is 2. The van der Waals surface area contributed by atoms with Crippen LogP contribution in [0.1, 0.15) is 15.9 Å². The van der Waals surface area contributed by atoms with E-state index in [-0.39, 0.29) is 23.1 Å². The summed E-state index contributed by atoms with van der Waals surface area (Å²) in [5.41, 5.74) is -0.107. The van der Waals surface area contributed by atoms with Crippen LogP contribution in [0.15, 0.2) is 58.9 Å². The molecule has 4 aromatic rings. The molecule has 0 aliphatic rings. The number of carbonyl (C=O) groups is 1. The van der Waals surface area contributed by atoms with Crippen molar-refractivity contribution in [3.05, 3.63) is 81.3 Å². The van der Waals surface area contributed by atoms with Crippen molar-refractivity contribution in [1.29, 1.82) is 0 Å². The predicted molar refractivity (Wildman–Crippen MR) is 95.5 cm³/mol. The van der Waals surface area contributed by atoms with Crippen molar-refractivity contribution in [1.82, 2.24) is 34.8 Å². The average molecular weight is 363 g/mol. The van der Waals surface area contributed by atoms with E-state index in [0.717, 1.165) is 11.4 Å². The molecule has 134 valence electrons. The number of aromatic nitrogens is 6. The Morgan fingerprint density at radius 1 is 1.15 bits per heavy atom. The maximum Gasteiger partial charge on any atom is 0.327 e. The Kier molecular flexibility index (Phi) is 4.05. The highest BCUT2D eigenvalue weighted by molar-refractivity contribution is 5.96. The lowest BCUT2D eigenvalue weighted by molar-refractivity contribution is 0.0950. The smallest absolute Gasteiger partial charge is 0.327 e. The molecule has 0 aromatic carbocycles. The average Bonchev–Trinajstić information content (AvgIpc) is 3.21. The van der Waals surface area contributed by atoms with Gasteiger partial charge in [0.2, 0.25) is 0 Å². The van der Waals surface area contributed by atoms with E-state index in [1.165, 1.54) is 12.3 Å². The van der Waals surface area contributed by atoms with Crippen LogP contribution in [0, 0.1) is 0 Å². The number of nitrogens with zero attached hydrogens (tertiary/aromatic N) is 4. The van der Waals surface area contributed by atoms with Gasteiger partial charge in [0.05, 0.1) is 10.9 Å². The summed E-state index contributed by atoms with van der Waals surface area (Å²) in [6.45, 7) is 0.260. The number of H-pyrrole nitrogens is 2. The number of pyridine rings is 2. The molecule has 0 aliphatic carbocycles. The van der Waals surface area contributed by atoms with Gasteiger partial charge in [-0.2, -0.15) is 0 Å². The van der Waals surface area contributed by atoms with Crippen molar-refractivity contribution in [2.24, 2.45) is 0 Å². The van der Waals surface area contributed by atoms with Crippen molar-refractivity contribution in [3.63, 3.8) is 0 Å². The second-order valence-electron chi connectivity index (χ2n) is 5.71. The van der Waals surface area contributed by atoms with E-state index >= 15 is 0 Å². The van der Waals surface area contributed by atoms with Gasteiger partial charge >= 0.3 is 5.69 Å². The first-order chi connectivity index (χ1) is 13.1. The van der Waals surface area contributed by atoms with Crippen LogP contribution >= 0.6 is 0 Å². The van der Waals surface area contributed by atoms with E-state index in [1.54, 1.807) is 29.5 Å². The van der Waals surface area contributed by atoms with E-state index < -0.39 is 17.2 Å². The molecule has 10 nitrogen and oxygen atoms in total. The number of rotatable bonds is 4. The Bertz CT molecular complexity index is 1220. The number of imidazole rings is 1. The third-order valence-electron chi connectivity index (χ3n) is 3.88. The second kappa shape index (κ2) is 6.67. The number of hydrogen-bond donors (Lipinski definition) is 3. The third kappa shape index (κ3) is 3.35. The fraction of sp³-hybridized carbons (Fsp3) is 0.0588. The van der Waals surface area contributed by atoms with Crippen LogP contribution in [-0.4, -0.2) is 35.4 Å². The highest BCUT2D eigenvalue weighted by Gasteiger charge is 2.10. The first-order valence-corrected chi connectivity index (χ1v) is 7.94. The van der Waals surface area contributed by atoms with Crippen molar-refractivity contribution < 1.29 is 4.79 Å². The van der Waals surface area contributed by atoms with E-state index in [2.05, 4.69) is 30.2 Å². The van der Waals surface area contributed by atoms with E-state index in [1.807, 2.05) is 12.1 Å². The lowest BCUT2D eigenvalue weighted by Crippen LogP contribution is -2.25. The van der Waals surface area contributed by atoms with Crippen molar-refractivity contribution in [2.45, 2.75) is 6.54 Å². The van der Waals surface area contributed by atoms with Gasteiger partial charge in [-0.1, -0.05) is 6.07 Å². The molecule has 4 aromatic heterocycles. The monoisotopic (exact) mass is 363 g/mol. The summed E-state index contributed by atoms with van der Waals surface area (Å²) < 4.78 is 1.77. The zero-order chi connectivity index (χ0) is 18.8. The number of amides is 1. The van der Waals surface area contributed by atoms with Gasteiger partial charge in [0, 0.05) is 31.3 Å². The summed E-state index contributed by atoms with van der Waals surface area (Å²) in [7, 11) is 0. The fourth-order valence-electron chi connectivity index (χ4n) is 2.52. The van der Waals surface area contributed by atoms with Gasteiger partial charge < -0.3 is 5.32 Å². The summed E-state index contributed by atoms with van der Waals surface area (Å²) >= 11 is 0. The fourth-order valence-corrected chi connectivity index (χ4v) is 2.52. The molecule has 0 fully saturated rings. The molecule has 1 amide bonds. The molecule has 0 radical (unpaired) electrons. The molecule has 0 aliphatic heterocycles. The summed E-state index contributed by atoms with van der Waals surface area (Å²) in [6.07, 6.45) is 8.04. The minimum atomic E-state index is -0.649. The highest BCUT2D eigenvalue weighted by Crippen LogP contribution is 2.07. The highest BCUT2D eigenvalue weighted by atomic mass is 16.2. The summed E-state index contributed by atoms with van der Waals surface area (Å²) in [4.78, 5) is 52.1. The zero-order valence-corrected chi connectivity index (χ0v) is 13.8. The molecular weight excluding hydrogens is 350 g/mol. The lowest BCUT2D eigenvalue weighted by atomic mass is 10.2. The molecule has 0 atom stereocenters. The molecule has 27 heavy (non-hydrogen) atoms. The first-order valence-electron chi connectivity index (χ1n) is 7.94. The molecule has 10 heteroatoms. The molecular formula is C17H13N7O3. The Morgan fingerprint density at radius 3 is 2.78 bits per heavy atom. The molecule has 0 unspecified atom stereocenters. The van der Waals surface area contributed by atoms with E-state index in [9.17, 15) is 14.4 Å². The Morgan fingerprint density at radius 2 is 2.04 bits per heavy atom. The van der Waals surface area contributed by atoms with Crippen LogP contribution in [0.4, 0.5) is 0 Å². The molecule has 3 N–H and O–H groups in total. The van der Waals surface area contributed by atoms with Crippen LogP contribution < -0.4 is 16.6 Å². The van der Waals surface area contributed by atoms with E-state index in [4.69, 9.17) is 0 Å². The Labute approximate surface area is 151 Å². The molecule has 0 bridgehead atoms. The number of fused-ring (bicyclic) bond motifs is 1. The SMILES string of the molecule is O=C(NCc1ccc(-n2ccnc2)nc1)c1cnc2[nH]c(=O)[nH]c(=O)c2c1. The maximum atomic E-state index is 12.3. The van der Waals surface area contributed by atoms with Crippen LogP contribution in [0.25, 0.3) is 16.9 Å². The third-order valence-corrected chi connectivity index (χ3v) is 3.88. The Hall–Kier alpha value is -4.08. The topological polar surface area (TPSA) is 138 Å². The number of nitrogens with one attached hydrogen (secondary N) is 3. The maximum absolute atomic E-state index is 12.3. The minimum absolute atomic E-state index is 0.125. The van der Waals surface area contributed by atoms with Crippen LogP contribution in [-0.2, 0) is 6.54 Å². The van der Waals surface area contributed by atoms with Crippen molar-refractivity contribution in [2.75, 3.05) is 0 Å². The zero-order valence-electron chi connectivity index (χ0n) is 13.8. The van der Waals surface area contributed by atoms with Gasteiger partial charge in [-0.3, -0.25) is 24.1 Å². The van der Waals surface area contributed by atoms with Gasteiger partial charge in [-0.05, 0) is 17.7 Å². The minimum Gasteiger partial charge on any atom is -0.348 e. The Balaban J connectivity index is 1.48. The summed E-state index contributed by atoms with van der Waals surface area (Å²) in [5, 5.41) is 2.88. The van der Waals surface area contributed by atoms with Crippen LogP contribution in [0.2, 0.25) is 0 Å². The summed E-state index contributed by atoms with van der Waals surface area (Å²) in [6, 6.07) is 5.04. The predicted octanol–water partition coefficient (Wildman–Crippen LogP) is 0.122. The number of carbonyl (C=O) groups excluding carboxylic acids is 1. The second-order valence-corrected chi connectivity index (χ2v) is 5.71. The van der Waals surface area contributed by atoms with Gasteiger partial charge in [-0.25, -0.2) is 19.7 Å². The molecule has 4 rings (SSSR count). The normalized spacial score (nSPS) is 10.8. The molecule has 0 spiro atoms. The van der Waals surface area contributed by atoms with Gasteiger partial charge in [0.15, 0.2) is 0 Å².